The molecule has 1 heterocycles. The zero-order chi connectivity index (χ0) is 15.9. The molecule has 0 aromatic heterocycles. The Balaban J connectivity index is 2.33. The highest BCUT2D eigenvalue weighted by molar-refractivity contribution is 7.89. The number of hydrogen-bond donors (Lipinski definition) is 1. The Morgan fingerprint density at radius 1 is 1.38 bits per heavy atom. The van der Waals surface area contributed by atoms with Crippen molar-refractivity contribution >= 4 is 10.0 Å². The molecule has 118 valence electrons. The van der Waals surface area contributed by atoms with E-state index in [1.807, 2.05) is 6.92 Å². The molecule has 1 aliphatic rings. The molecule has 2 rings (SSSR count). The third-order valence-corrected chi connectivity index (χ3v) is 5.66. The lowest BCUT2D eigenvalue weighted by molar-refractivity contribution is -0.137. The Labute approximate surface area is 121 Å². The minimum atomic E-state index is -4.57. The van der Waals surface area contributed by atoms with Gasteiger partial charge >= 0.3 is 6.18 Å². The van der Waals surface area contributed by atoms with Gasteiger partial charge in [-0.1, -0.05) is 13.0 Å². The number of hydrogen-bond acceptors (Lipinski definition) is 3. The summed E-state index contributed by atoms with van der Waals surface area (Å²) in [6.07, 6.45) is -3.97. The van der Waals surface area contributed by atoms with Gasteiger partial charge in [0.25, 0.3) is 0 Å². The Kier molecular flexibility index (Phi) is 4.07. The van der Waals surface area contributed by atoms with Crippen molar-refractivity contribution in [2.24, 2.45) is 11.1 Å². The van der Waals surface area contributed by atoms with Gasteiger partial charge in [-0.05, 0) is 36.6 Å². The molecule has 0 spiro atoms. The van der Waals surface area contributed by atoms with Crippen molar-refractivity contribution in [2.45, 2.75) is 24.4 Å². The first-order valence-electron chi connectivity index (χ1n) is 6.46. The van der Waals surface area contributed by atoms with Crippen LogP contribution >= 0.6 is 0 Å². The van der Waals surface area contributed by atoms with Gasteiger partial charge in [0.15, 0.2) is 0 Å². The summed E-state index contributed by atoms with van der Waals surface area (Å²) in [7, 11) is -3.92. The summed E-state index contributed by atoms with van der Waals surface area (Å²) in [6.45, 7) is 2.70. The lowest BCUT2D eigenvalue weighted by Crippen LogP contribution is -2.34. The summed E-state index contributed by atoms with van der Waals surface area (Å²) in [4.78, 5) is -0.335. The fourth-order valence-electron chi connectivity index (χ4n) is 2.33. The van der Waals surface area contributed by atoms with Gasteiger partial charge in [0.05, 0.1) is 10.5 Å². The van der Waals surface area contributed by atoms with Gasteiger partial charge in [-0.2, -0.15) is 17.5 Å². The summed E-state index contributed by atoms with van der Waals surface area (Å²) >= 11 is 0. The number of alkyl halides is 3. The first-order chi connectivity index (χ1) is 9.58. The highest BCUT2D eigenvalue weighted by Gasteiger charge is 2.40. The molecular formula is C13H17F3N2O2S. The molecule has 1 aromatic rings. The molecule has 0 bridgehead atoms. The Morgan fingerprint density at radius 2 is 2.05 bits per heavy atom. The molecule has 0 amide bonds. The molecular weight excluding hydrogens is 305 g/mol. The van der Waals surface area contributed by atoms with E-state index in [4.69, 9.17) is 5.73 Å². The van der Waals surface area contributed by atoms with Crippen LogP contribution in [-0.2, 0) is 16.2 Å². The summed E-state index contributed by atoms with van der Waals surface area (Å²) in [5, 5.41) is 0. The minimum absolute atomic E-state index is 0.224. The SMILES string of the molecule is CC1(CN)CCN(S(=O)(=O)c2cccc(C(F)(F)F)c2)C1. The number of sulfonamides is 1. The Hall–Kier alpha value is -1.12. The number of rotatable bonds is 3. The van der Waals surface area contributed by atoms with E-state index >= 15 is 0 Å². The molecule has 1 aliphatic heterocycles. The van der Waals surface area contributed by atoms with Crippen LogP contribution in [0.2, 0.25) is 0 Å². The fourth-order valence-corrected chi connectivity index (χ4v) is 3.97. The van der Waals surface area contributed by atoms with Crippen LogP contribution in [0.15, 0.2) is 29.2 Å². The summed E-state index contributed by atoms with van der Waals surface area (Å²) in [5.74, 6) is 0. The molecule has 2 N–H and O–H groups in total. The van der Waals surface area contributed by atoms with Gasteiger partial charge in [0, 0.05) is 13.1 Å². The fraction of sp³-hybridized carbons (Fsp3) is 0.538. The smallest absolute Gasteiger partial charge is 0.330 e. The van der Waals surface area contributed by atoms with Gasteiger partial charge in [-0.25, -0.2) is 8.42 Å². The van der Waals surface area contributed by atoms with Crippen molar-refractivity contribution in [3.05, 3.63) is 29.8 Å². The third kappa shape index (κ3) is 3.22. The molecule has 21 heavy (non-hydrogen) atoms. The minimum Gasteiger partial charge on any atom is -0.330 e. The molecule has 1 atom stereocenters. The van der Waals surface area contributed by atoms with Crippen molar-refractivity contribution in [1.29, 1.82) is 0 Å². The lowest BCUT2D eigenvalue weighted by Gasteiger charge is -2.22. The predicted octanol–water partition coefficient (Wildman–Crippen LogP) is 2.06. The predicted molar refractivity (Wildman–Crippen MR) is 72.0 cm³/mol. The van der Waals surface area contributed by atoms with Gasteiger partial charge in [0.2, 0.25) is 10.0 Å². The zero-order valence-corrected chi connectivity index (χ0v) is 12.3. The van der Waals surface area contributed by atoms with Crippen LogP contribution in [0.25, 0.3) is 0 Å². The van der Waals surface area contributed by atoms with Crippen LogP contribution in [0.1, 0.15) is 18.9 Å². The molecule has 1 fully saturated rings. The zero-order valence-electron chi connectivity index (χ0n) is 11.5. The molecule has 1 saturated heterocycles. The van der Waals surface area contributed by atoms with Crippen LogP contribution in [-0.4, -0.2) is 32.4 Å². The van der Waals surface area contributed by atoms with Crippen LogP contribution < -0.4 is 5.73 Å². The number of nitrogens with two attached hydrogens (primary N) is 1. The van der Waals surface area contributed by atoms with E-state index in [0.717, 1.165) is 12.1 Å². The summed E-state index contributed by atoms with van der Waals surface area (Å²) < 4.78 is 64.1. The van der Waals surface area contributed by atoms with E-state index in [2.05, 4.69) is 0 Å². The van der Waals surface area contributed by atoms with E-state index in [1.54, 1.807) is 0 Å². The molecule has 1 aromatic carbocycles. The van der Waals surface area contributed by atoms with E-state index in [-0.39, 0.29) is 23.4 Å². The van der Waals surface area contributed by atoms with Crippen LogP contribution in [0.3, 0.4) is 0 Å². The number of nitrogens with zero attached hydrogens (tertiary/aromatic N) is 1. The average Bonchev–Trinajstić information content (AvgIpc) is 2.82. The van der Waals surface area contributed by atoms with E-state index in [1.165, 1.54) is 10.4 Å². The highest BCUT2D eigenvalue weighted by atomic mass is 32.2. The van der Waals surface area contributed by atoms with Crippen LogP contribution in [0.5, 0.6) is 0 Å². The monoisotopic (exact) mass is 322 g/mol. The summed E-state index contributed by atoms with van der Waals surface area (Å²) in [5.41, 5.74) is 4.33. The standard InChI is InChI=1S/C13H17F3N2O2S/c1-12(8-17)5-6-18(9-12)21(19,20)11-4-2-3-10(7-11)13(14,15)16/h2-4,7H,5-6,8-9,17H2,1H3. The van der Waals surface area contributed by atoms with E-state index in [0.29, 0.717) is 19.0 Å². The second-order valence-electron chi connectivity index (χ2n) is 5.63. The van der Waals surface area contributed by atoms with Crippen LogP contribution in [0, 0.1) is 5.41 Å². The molecule has 4 nitrogen and oxygen atoms in total. The quantitative estimate of drug-likeness (QED) is 0.926. The summed E-state index contributed by atoms with van der Waals surface area (Å²) in [6, 6.07) is 3.82. The first-order valence-corrected chi connectivity index (χ1v) is 7.90. The van der Waals surface area contributed by atoms with E-state index < -0.39 is 21.8 Å². The Bertz CT molecular complexity index is 631. The maximum atomic E-state index is 12.7. The topological polar surface area (TPSA) is 63.4 Å². The van der Waals surface area contributed by atoms with Gasteiger partial charge in [-0.3, -0.25) is 0 Å². The van der Waals surface area contributed by atoms with Gasteiger partial charge < -0.3 is 5.73 Å². The molecule has 0 radical (unpaired) electrons. The maximum absolute atomic E-state index is 12.7. The van der Waals surface area contributed by atoms with Gasteiger partial charge in [-0.15, -0.1) is 0 Å². The molecule has 8 heteroatoms. The lowest BCUT2D eigenvalue weighted by atomic mass is 9.90. The number of halogens is 3. The maximum Gasteiger partial charge on any atom is 0.416 e. The third-order valence-electron chi connectivity index (χ3n) is 3.81. The number of benzene rings is 1. The van der Waals surface area contributed by atoms with Crippen molar-refractivity contribution < 1.29 is 21.6 Å². The van der Waals surface area contributed by atoms with Crippen molar-refractivity contribution in [3.63, 3.8) is 0 Å². The van der Waals surface area contributed by atoms with Gasteiger partial charge in [0.1, 0.15) is 0 Å². The van der Waals surface area contributed by atoms with Crippen molar-refractivity contribution in [1.82, 2.24) is 4.31 Å². The largest absolute Gasteiger partial charge is 0.416 e. The van der Waals surface area contributed by atoms with Crippen molar-refractivity contribution in [2.75, 3.05) is 19.6 Å². The van der Waals surface area contributed by atoms with E-state index in [9.17, 15) is 21.6 Å². The average molecular weight is 322 g/mol. The first kappa shape index (κ1) is 16.3. The normalized spacial score (nSPS) is 24.4. The molecule has 0 saturated carbocycles. The molecule has 0 aliphatic carbocycles. The Morgan fingerprint density at radius 3 is 2.57 bits per heavy atom. The van der Waals surface area contributed by atoms with Crippen LogP contribution in [0.4, 0.5) is 13.2 Å². The second-order valence-corrected chi connectivity index (χ2v) is 7.57. The second kappa shape index (κ2) is 5.26. The van der Waals surface area contributed by atoms with Crippen molar-refractivity contribution in [3.8, 4) is 0 Å². The molecule has 1 unspecified atom stereocenters. The highest BCUT2D eigenvalue weighted by Crippen LogP contribution is 2.34.